The normalized spacial score (nSPS) is 11.5. The van der Waals surface area contributed by atoms with Gasteiger partial charge in [-0.1, -0.05) is 52.5 Å². The van der Waals surface area contributed by atoms with Crippen LogP contribution in [-0.2, 0) is 6.18 Å². The van der Waals surface area contributed by atoms with Gasteiger partial charge in [-0.2, -0.15) is 13.2 Å². The number of alkyl halides is 3. The summed E-state index contributed by atoms with van der Waals surface area (Å²) in [6.07, 6.45) is -4.97. The minimum atomic E-state index is -4.97. The minimum Gasteiger partial charge on any atom is -0.420 e. The molecule has 0 aliphatic heterocycles. The Balaban J connectivity index is 2.44. The van der Waals surface area contributed by atoms with Gasteiger partial charge in [-0.15, -0.1) is 0 Å². The van der Waals surface area contributed by atoms with Crippen molar-refractivity contribution in [1.82, 2.24) is 0 Å². The number of hydrogen-bond donors (Lipinski definition) is 0. The van der Waals surface area contributed by atoms with Crippen LogP contribution >= 0.6 is 46.4 Å². The van der Waals surface area contributed by atoms with Gasteiger partial charge in [0.25, 0.3) is 0 Å². The first kappa shape index (κ1) is 19.1. The number of carbonyl (C=O) groups excluding carboxylic acids is 1. The van der Waals surface area contributed by atoms with Gasteiger partial charge in [0, 0.05) is 0 Å². The van der Waals surface area contributed by atoms with Crippen LogP contribution in [0.5, 0.6) is 5.75 Å². The highest BCUT2D eigenvalue weighted by molar-refractivity contribution is 6.50. The first-order valence-corrected chi connectivity index (χ1v) is 7.46. The summed E-state index contributed by atoms with van der Waals surface area (Å²) >= 11 is 23.1. The molecule has 0 bridgehead atoms. The lowest BCUT2D eigenvalue weighted by atomic mass is 10.1. The van der Waals surface area contributed by atoms with E-state index in [4.69, 9.17) is 51.1 Å². The van der Waals surface area contributed by atoms with Gasteiger partial charge < -0.3 is 4.74 Å². The number of rotatable bonds is 2. The number of esters is 1. The molecule has 0 saturated heterocycles. The zero-order chi connectivity index (χ0) is 18.2. The monoisotopic (exact) mass is 420 g/mol. The molecule has 0 amide bonds. The van der Waals surface area contributed by atoms with Crippen molar-refractivity contribution in [2.24, 2.45) is 0 Å². The Morgan fingerprint density at radius 2 is 1.62 bits per heavy atom. The molecule has 0 unspecified atom stereocenters. The van der Waals surface area contributed by atoms with Gasteiger partial charge in [0.05, 0.1) is 26.2 Å². The summed E-state index contributed by atoms with van der Waals surface area (Å²) in [5, 5.41) is -0.781. The Hall–Kier alpha value is -1.21. The minimum absolute atomic E-state index is 0.0308. The van der Waals surface area contributed by atoms with Crippen LogP contribution in [0.1, 0.15) is 15.9 Å². The summed E-state index contributed by atoms with van der Waals surface area (Å²) in [5.74, 6) is -3.65. The van der Waals surface area contributed by atoms with E-state index in [-0.39, 0.29) is 20.1 Å². The number of ether oxygens (including phenoxy) is 1. The van der Waals surface area contributed by atoms with Crippen LogP contribution in [-0.4, -0.2) is 5.97 Å². The average Bonchev–Trinajstić information content (AvgIpc) is 2.48. The van der Waals surface area contributed by atoms with Gasteiger partial charge in [0.1, 0.15) is 10.8 Å². The Bertz CT molecular complexity index is 821. The van der Waals surface area contributed by atoms with E-state index in [1.807, 2.05) is 0 Å². The van der Waals surface area contributed by atoms with E-state index >= 15 is 0 Å². The van der Waals surface area contributed by atoms with E-state index < -0.39 is 34.8 Å². The topological polar surface area (TPSA) is 26.3 Å². The number of carbonyl (C=O) groups is 1. The predicted molar refractivity (Wildman–Crippen MR) is 82.8 cm³/mol. The maximum absolute atomic E-state index is 13.9. The van der Waals surface area contributed by atoms with Crippen LogP contribution in [0.25, 0.3) is 0 Å². The summed E-state index contributed by atoms with van der Waals surface area (Å²) in [6, 6.07) is 3.29. The second kappa shape index (κ2) is 6.96. The van der Waals surface area contributed by atoms with Crippen molar-refractivity contribution in [3.8, 4) is 5.75 Å². The van der Waals surface area contributed by atoms with Gasteiger partial charge >= 0.3 is 12.1 Å². The third kappa shape index (κ3) is 3.72. The van der Waals surface area contributed by atoms with Crippen LogP contribution in [0.15, 0.2) is 24.3 Å². The second-order valence-electron chi connectivity index (χ2n) is 4.35. The molecule has 0 atom stereocenters. The highest BCUT2D eigenvalue weighted by atomic mass is 35.5. The third-order valence-corrected chi connectivity index (χ3v) is 4.32. The van der Waals surface area contributed by atoms with Crippen molar-refractivity contribution in [1.29, 1.82) is 0 Å². The Morgan fingerprint density at radius 1 is 1.00 bits per heavy atom. The highest BCUT2D eigenvalue weighted by Crippen LogP contribution is 2.43. The van der Waals surface area contributed by atoms with Crippen molar-refractivity contribution in [3.63, 3.8) is 0 Å². The zero-order valence-electron chi connectivity index (χ0n) is 11.1. The summed E-state index contributed by atoms with van der Waals surface area (Å²) in [7, 11) is 0. The fourth-order valence-corrected chi connectivity index (χ4v) is 2.68. The van der Waals surface area contributed by atoms with Gasteiger partial charge in [0.2, 0.25) is 0 Å². The fourth-order valence-electron chi connectivity index (χ4n) is 1.70. The molecule has 0 fully saturated rings. The van der Waals surface area contributed by atoms with Crippen LogP contribution < -0.4 is 4.74 Å². The first-order valence-electron chi connectivity index (χ1n) is 5.95. The standard InChI is InChI=1S/C14H4Cl4F4O2/c15-7-4-8(16)12(10(18)9(7)17)24-13(23)5-2-1-3-6(11(5)19)14(20,21)22/h1-4H. The molecule has 0 N–H and O–H groups in total. The Morgan fingerprint density at radius 3 is 2.21 bits per heavy atom. The number of benzene rings is 2. The van der Waals surface area contributed by atoms with Gasteiger partial charge in [0.15, 0.2) is 5.75 Å². The van der Waals surface area contributed by atoms with Crippen LogP contribution in [0.2, 0.25) is 20.1 Å². The summed E-state index contributed by atoms with van der Waals surface area (Å²) in [5.41, 5.74) is -2.55. The largest absolute Gasteiger partial charge is 0.420 e. The summed E-state index contributed by atoms with van der Waals surface area (Å²) in [4.78, 5) is 12.0. The summed E-state index contributed by atoms with van der Waals surface area (Å²) in [6.45, 7) is 0. The molecule has 128 valence electrons. The quantitative estimate of drug-likeness (QED) is 0.178. The molecule has 2 aromatic rings. The molecule has 0 radical (unpaired) electrons. The van der Waals surface area contributed by atoms with E-state index in [9.17, 15) is 22.4 Å². The van der Waals surface area contributed by atoms with E-state index in [2.05, 4.69) is 0 Å². The number of hydrogen-bond acceptors (Lipinski definition) is 2. The van der Waals surface area contributed by atoms with Crippen LogP contribution in [0.3, 0.4) is 0 Å². The van der Waals surface area contributed by atoms with Crippen LogP contribution in [0, 0.1) is 5.82 Å². The lowest BCUT2D eigenvalue weighted by Crippen LogP contribution is -2.16. The first-order chi connectivity index (χ1) is 11.0. The molecule has 2 nitrogen and oxygen atoms in total. The SMILES string of the molecule is O=C(Oc1c(Cl)cc(Cl)c(Cl)c1Cl)c1cccc(C(F)(F)F)c1F. The molecule has 2 aromatic carbocycles. The third-order valence-electron chi connectivity index (χ3n) is 2.79. The molecule has 10 heteroatoms. The fraction of sp³-hybridized carbons (Fsp3) is 0.0714. The van der Waals surface area contributed by atoms with Crippen molar-refractivity contribution < 1.29 is 27.1 Å². The molecular weight excluding hydrogens is 418 g/mol. The Labute approximate surface area is 152 Å². The maximum Gasteiger partial charge on any atom is 0.419 e. The molecule has 0 saturated carbocycles. The smallest absolute Gasteiger partial charge is 0.419 e. The van der Waals surface area contributed by atoms with Crippen molar-refractivity contribution in [2.45, 2.75) is 6.18 Å². The molecule has 2 rings (SSSR count). The molecule has 0 aliphatic rings. The van der Waals surface area contributed by atoms with E-state index in [1.165, 1.54) is 0 Å². The lowest BCUT2D eigenvalue weighted by molar-refractivity contribution is -0.140. The maximum atomic E-state index is 13.9. The van der Waals surface area contributed by atoms with E-state index in [0.29, 0.717) is 6.07 Å². The molecule has 0 spiro atoms. The van der Waals surface area contributed by atoms with Gasteiger partial charge in [-0.05, 0) is 18.2 Å². The number of halogens is 8. The van der Waals surface area contributed by atoms with Crippen molar-refractivity contribution in [2.75, 3.05) is 0 Å². The lowest BCUT2D eigenvalue weighted by Gasteiger charge is -2.13. The van der Waals surface area contributed by atoms with Gasteiger partial charge in [-0.25, -0.2) is 9.18 Å². The molecular formula is C14H4Cl4F4O2. The molecule has 0 heterocycles. The molecule has 24 heavy (non-hydrogen) atoms. The predicted octanol–water partition coefficient (Wildman–Crippen LogP) is 6.68. The highest BCUT2D eigenvalue weighted by Gasteiger charge is 2.36. The van der Waals surface area contributed by atoms with Gasteiger partial charge in [-0.3, -0.25) is 0 Å². The summed E-state index contributed by atoms with van der Waals surface area (Å²) < 4.78 is 56.8. The zero-order valence-corrected chi connectivity index (χ0v) is 14.2. The Kier molecular flexibility index (Phi) is 5.54. The molecule has 0 aromatic heterocycles. The second-order valence-corrected chi connectivity index (χ2v) is 5.92. The van der Waals surface area contributed by atoms with Crippen LogP contribution in [0.4, 0.5) is 17.6 Å². The van der Waals surface area contributed by atoms with Crippen molar-refractivity contribution >= 4 is 52.4 Å². The average molecular weight is 422 g/mol. The molecule has 0 aliphatic carbocycles. The van der Waals surface area contributed by atoms with E-state index in [1.54, 1.807) is 0 Å². The van der Waals surface area contributed by atoms with Crippen molar-refractivity contribution in [3.05, 3.63) is 61.3 Å². The van der Waals surface area contributed by atoms with E-state index in [0.717, 1.165) is 18.2 Å².